The van der Waals surface area contributed by atoms with Crippen molar-refractivity contribution in [3.63, 3.8) is 0 Å². The zero-order valence-corrected chi connectivity index (χ0v) is 12.4. The lowest BCUT2D eigenvalue weighted by Crippen LogP contribution is -2.18. The molecule has 1 heterocycles. The fourth-order valence-electron chi connectivity index (χ4n) is 2.22. The number of nitro groups is 1. The van der Waals surface area contributed by atoms with Gasteiger partial charge >= 0.3 is 0 Å². The molecule has 110 valence electrons. The van der Waals surface area contributed by atoms with Crippen LogP contribution in [0, 0.1) is 23.0 Å². The highest BCUT2D eigenvalue weighted by Gasteiger charge is 2.18. The minimum Gasteiger partial charge on any atom is -0.363 e. The fourth-order valence-corrected chi connectivity index (χ4v) is 2.22. The summed E-state index contributed by atoms with van der Waals surface area (Å²) in [6.45, 7) is 6.22. The van der Waals surface area contributed by atoms with Gasteiger partial charge in [-0.1, -0.05) is 32.0 Å². The zero-order valence-electron chi connectivity index (χ0n) is 12.4. The van der Waals surface area contributed by atoms with Crippen molar-refractivity contribution in [3.8, 4) is 0 Å². The molecule has 0 bridgehead atoms. The Morgan fingerprint density at radius 3 is 2.38 bits per heavy atom. The van der Waals surface area contributed by atoms with Crippen LogP contribution >= 0.6 is 0 Å². The number of nitro benzene ring substituents is 1. The van der Waals surface area contributed by atoms with Crippen molar-refractivity contribution in [1.29, 1.82) is 0 Å². The average Bonchev–Trinajstić information content (AvgIpc) is 2.46. The van der Waals surface area contributed by atoms with Gasteiger partial charge in [0, 0.05) is 18.3 Å². The van der Waals surface area contributed by atoms with Gasteiger partial charge in [-0.05, 0) is 30.0 Å². The number of anilines is 1. The van der Waals surface area contributed by atoms with Crippen LogP contribution in [0.3, 0.4) is 0 Å². The number of non-ortho nitro benzene ring substituents is 1. The third kappa shape index (κ3) is 3.56. The van der Waals surface area contributed by atoms with E-state index < -0.39 is 0 Å². The minimum absolute atomic E-state index is 0.0550. The van der Waals surface area contributed by atoms with E-state index in [2.05, 4.69) is 24.1 Å². The van der Waals surface area contributed by atoms with Gasteiger partial charge in [-0.25, -0.2) is 4.98 Å². The smallest absolute Gasteiger partial charge is 0.269 e. The molecular weight excluding hydrogens is 266 g/mol. The predicted molar refractivity (Wildman–Crippen MR) is 83.3 cm³/mol. The standard InChI is InChI=1S/C16H19N3O2/c1-11(2)15(18-16-12(3)5-4-10-17-16)13-6-8-14(9-7-13)19(20)21/h4-11,15H,1-3H3,(H,17,18). The molecule has 1 unspecified atom stereocenters. The molecule has 0 aliphatic heterocycles. The Kier molecular flexibility index (Phi) is 4.52. The summed E-state index contributed by atoms with van der Waals surface area (Å²) in [5, 5.41) is 14.2. The van der Waals surface area contributed by atoms with Gasteiger partial charge in [0.15, 0.2) is 0 Å². The normalized spacial score (nSPS) is 12.2. The maximum absolute atomic E-state index is 10.7. The second-order valence-electron chi connectivity index (χ2n) is 5.38. The number of hydrogen-bond acceptors (Lipinski definition) is 4. The Morgan fingerprint density at radius 2 is 1.86 bits per heavy atom. The number of pyridine rings is 1. The number of aryl methyl sites for hydroxylation is 1. The molecule has 5 nitrogen and oxygen atoms in total. The number of rotatable bonds is 5. The molecule has 0 aliphatic carbocycles. The lowest BCUT2D eigenvalue weighted by molar-refractivity contribution is -0.384. The Balaban J connectivity index is 2.27. The first-order valence-corrected chi connectivity index (χ1v) is 6.91. The number of nitrogens with one attached hydrogen (secondary N) is 1. The van der Waals surface area contributed by atoms with Crippen LogP contribution < -0.4 is 5.32 Å². The van der Waals surface area contributed by atoms with E-state index in [1.54, 1.807) is 18.3 Å². The maximum Gasteiger partial charge on any atom is 0.269 e. The van der Waals surface area contributed by atoms with E-state index in [0.29, 0.717) is 5.92 Å². The largest absolute Gasteiger partial charge is 0.363 e. The molecule has 0 amide bonds. The van der Waals surface area contributed by atoms with E-state index >= 15 is 0 Å². The Hall–Kier alpha value is -2.43. The maximum atomic E-state index is 10.7. The summed E-state index contributed by atoms with van der Waals surface area (Å²) in [6, 6.07) is 10.6. The van der Waals surface area contributed by atoms with Crippen LogP contribution in [0.2, 0.25) is 0 Å². The van der Waals surface area contributed by atoms with E-state index in [4.69, 9.17) is 0 Å². The minimum atomic E-state index is -0.384. The quantitative estimate of drug-likeness (QED) is 0.663. The molecule has 1 N–H and O–H groups in total. The zero-order chi connectivity index (χ0) is 15.4. The summed E-state index contributed by atoms with van der Waals surface area (Å²) in [7, 11) is 0. The average molecular weight is 285 g/mol. The summed E-state index contributed by atoms with van der Waals surface area (Å²) >= 11 is 0. The summed E-state index contributed by atoms with van der Waals surface area (Å²) in [5.41, 5.74) is 2.20. The van der Waals surface area contributed by atoms with Gasteiger partial charge in [-0.15, -0.1) is 0 Å². The van der Waals surface area contributed by atoms with Gasteiger partial charge in [0.1, 0.15) is 5.82 Å². The van der Waals surface area contributed by atoms with Gasteiger partial charge in [0.2, 0.25) is 0 Å². The van der Waals surface area contributed by atoms with E-state index in [-0.39, 0.29) is 16.7 Å². The van der Waals surface area contributed by atoms with Crippen molar-refractivity contribution >= 4 is 11.5 Å². The van der Waals surface area contributed by atoms with Crippen LogP contribution in [0.4, 0.5) is 11.5 Å². The van der Waals surface area contributed by atoms with E-state index in [1.165, 1.54) is 12.1 Å². The summed E-state index contributed by atoms with van der Waals surface area (Å²) in [4.78, 5) is 14.7. The second kappa shape index (κ2) is 6.35. The van der Waals surface area contributed by atoms with Crippen LogP contribution in [0.25, 0.3) is 0 Å². The van der Waals surface area contributed by atoms with Crippen molar-refractivity contribution < 1.29 is 4.92 Å². The molecule has 1 aromatic heterocycles. The molecule has 0 fully saturated rings. The molecule has 2 rings (SSSR count). The van der Waals surface area contributed by atoms with Crippen molar-refractivity contribution in [2.75, 3.05) is 5.32 Å². The summed E-state index contributed by atoms with van der Waals surface area (Å²) in [5.74, 6) is 1.17. The molecule has 0 spiro atoms. The van der Waals surface area contributed by atoms with E-state index in [9.17, 15) is 10.1 Å². The van der Waals surface area contributed by atoms with Crippen LogP contribution in [-0.4, -0.2) is 9.91 Å². The first-order chi connectivity index (χ1) is 9.99. The van der Waals surface area contributed by atoms with E-state index in [0.717, 1.165) is 16.9 Å². The second-order valence-corrected chi connectivity index (χ2v) is 5.38. The predicted octanol–water partition coefficient (Wildman–Crippen LogP) is 4.11. The number of nitrogens with zero attached hydrogens (tertiary/aromatic N) is 2. The van der Waals surface area contributed by atoms with Gasteiger partial charge in [-0.3, -0.25) is 10.1 Å². The highest BCUT2D eigenvalue weighted by Crippen LogP contribution is 2.28. The molecule has 0 saturated heterocycles. The van der Waals surface area contributed by atoms with E-state index in [1.807, 2.05) is 19.1 Å². The summed E-state index contributed by atoms with van der Waals surface area (Å²) in [6.07, 6.45) is 1.75. The van der Waals surface area contributed by atoms with Gasteiger partial charge in [-0.2, -0.15) is 0 Å². The van der Waals surface area contributed by atoms with Crippen molar-refractivity contribution in [2.45, 2.75) is 26.8 Å². The lowest BCUT2D eigenvalue weighted by Gasteiger charge is -2.24. The van der Waals surface area contributed by atoms with Crippen LogP contribution in [-0.2, 0) is 0 Å². The first kappa shape index (κ1) is 15.0. The Labute approximate surface area is 124 Å². The molecule has 2 aromatic rings. The van der Waals surface area contributed by atoms with Crippen molar-refractivity contribution in [2.24, 2.45) is 5.92 Å². The van der Waals surface area contributed by atoms with Crippen LogP contribution in [0.5, 0.6) is 0 Å². The number of aromatic nitrogens is 1. The Morgan fingerprint density at radius 1 is 1.19 bits per heavy atom. The van der Waals surface area contributed by atoms with Gasteiger partial charge in [0.25, 0.3) is 5.69 Å². The third-order valence-corrected chi connectivity index (χ3v) is 3.43. The monoisotopic (exact) mass is 285 g/mol. The molecular formula is C16H19N3O2. The van der Waals surface area contributed by atoms with Crippen molar-refractivity contribution in [1.82, 2.24) is 4.98 Å². The molecule has 21 heavy (non-hydrogen) atoms. The highest BCUT2D eigenvalue weighted by molar-refractivity contribution is 5.46. The van der Waals surface area contributed by atoms with Crippen LogP contribution in [0.15, 0.2) is 42.6 Å². The van der Waals surface area contributed by atoms with Gasteiger partial charge in [0.05, 0.1) is 11.0 Å². The van der Waals surface area contributed by atoms with Gasteiger partial charge < -0.3 is 5.32 Å². The third-order valence-electron chi connectivity index (χ3n) is 3.43. The molecule has 0 aliphatic rings. The molecule has 0 radical (unpaired) electrons. The molecule has 0 saturated carbocycles. The fraction of sp³-hybridized carbons (Fsp3) is 0.312. The molecule has 5 heteroatoms. The summed E-state index contributed by atoms with van der Waals surface area (Å²) < 4.78 is 0. The number of benzene rings is 1. The van der Waals surface area contributed by atoms with Crippen molar-refractivity contribution in [3.05, 3.63) is 63.8 Å². The first-order valence-electron chi connectivity index (χ1n) is 6.91. The lowest BCUT2D eigenvalue weighted by atomic mass is 9.95. The highest BCUT2D eigenvalue weighted by atomic mass is 16.6. The number of hydrogen-bond donors (Lipinski definition) is 1. The Bertz CT molecular complexity index is 624. The topological polar surface area (TPSA) is 68.1 Å². The van der Waals surface area contributed by atoms with Crippen LogP contribution in [0.1, 0.15) is 31.0 Å². The molecule has 1 aromatic carbocycles. The SMILES string of the molecule is Cc1cccnc1NC(c1ccc([N+](=O)[O-])cc1)C(C)C. The molecule has 1 atom stereocenters.